The number of benzene rings is 4. The molecule has 0 saturated heterocycles. The molecule has 0 fully saturated rings. The molecule has 2 aliphatic heterocycles. The van der Waals surface area contributed by atoms with E-state index in [0.717, 1.165) is 64.8 Å². The molecule has 4 aromatic rings. The largest absolute Gasteiger partial charge is 0.497 e. The van der Waals surface area contributed by atoms with E-state index in [0.29, 0.717) is 28.7 Å². The van der Waals surface area contributed by atoms with Gasteiger partial charge in [-0.2, -0.15) is 0 Å². The number of fused-ring (bicyclic) bond motifs is 2. The second-order valence-electron chi connectivity index (χ2n) is 14.5. The average molecular weight is 669 g/mol. The van der Waals surface area contributed by atoms with Crippen LogP contribution >= 0.6 is 0 Å². The van der Waals surface area contributed by atoms with Gasteiger partial charge < -0.3 is 37.4 Å². The molecule has 4 aromatic carbocycles. The molecule has 0 N–H and O–H groups in total. The molecule has 0 bridgehead atoms. The SMILES string of the molecule is COc1ccc2c(c1)C(Cc1ccc(OC)c(Oc3cc(OC)c(OC)cc3CC3c4cc(OC)ccc4CC[N+]3(C)C)c1)[N+](C)(C)CC2. The molecule has 0 aliphatic carbocycles. The molecule has 8 heteroatoms. The van der Waals surface area contributed by atoms with E-state index in [1.165, 1.54) is 27.8 Å². The van der Waals surface area contributed by atoms with Crippen LogP contribution in [0.1, 0.15) is 45.5 Å². The van der Waals surface area contributed by atoms with E-state index in [9.17, 15) is 0 Å². The van der Waals surface area contributed by atoms with E-state index >= 15 is 0 Å². The minimum atomic E-state index is 0.177. The topological polar surface area (TPSA) is 55.4 Å². The van der Waals surface area contributed by atoms with E-state index < -0.39 is 0 Å². The van der Waals surface area contributed by atoms with Gasteiger partial charge in [0.05, 0.1) is 76.8 Å². The summed E-state index contributed by atoms with van der Waals surface area (Å²) < 4.78 is 37.4. The van der Waals surface area contributed by atoms with Crippen LogP contribution in [0.5, 0.6) is 40.2 Å². The lowest BCUT2D eigenvalue weighted by Crippen LogP contribution is -2.48. The first-order chi connectivity index (χ1) is 23.5. The highest BCUT2D eigenvalue weighted by molar-refractivity contribution is 5.55. The summed E-state index contributed by atoms with van der Waals surface area (Å²) in [7, 11) is 17.7. The van der Waals surface area contributed by atoms with Crippen LogP contribution in [0.4, 0.5) is 0 Å². The van der Waals surface area contributed by atoms with E-state index in [1.54, 1.807) is 35.5 Å². The molecule has 8 nitrogen and oxygen atoms in total. The Labute approximate surface area is 291 Å². The normalized spacial score (nSPS) is 18.9. The highest BCUT2D eigenvalue weighted by atomic mass is 16.5. The standard InChI is InChI=1S/C41H52N2O6/c1-42(2)18-16-28-11-13-31(44-5)24-33(28)35(42)20-27-10-15-37(46-7)41(21-27)49-38-26-40(48-9)39(47-8)23-30(38)22-36-34-25-32(45-6)14-12-29(34)17-19-43(36,3)4/h10-15,21,23-26,35-36H,16-20,22H2,1-9H3/q+2. The van der Waals surface area contributed by atoms with Crippen LogP contribution in [-0.4, -0.2) is 85.8 Å². The van der Waals surface area contributed by atoms with Gasteiger partial charge in [0.25, 0.3) is 0 Å². The Balaban J connectivity index is 1.39. The molecule has 2 heterocycles. The number of quaternary nitrogens is 2. The van der Waals surface area contributed by atoms with Crippen molar-refractivity contribution in [2.45, 2.75) is 37.8 Å². The minimum Gasteiger partial charge on any atom is -0.497 e. The number of nitrogens with zero attached hydrogens (tertiary/aromatic N) is 2. The molecule has 0 saturated carbocycles. The van der Waals surface area contributed by atoms with E-state index in [4.69, 9.17) is 28.4 Å². The molecule has 0 radical (unpaired) electrons. The van der Waals surface area contributed by atoms with E-state index in [1.807, 2.05) is 12.1 Å². The zero-order valence-corrected chi connectivity index (χ0v) is 30.6. The number of methoxy groups -OCH3 is 5. The first-order valence-corrected chi connectivity index (χ1v) is 17.1. The van der Waals surface area contributed by atoms with Crippen molar-refractivity contribution in [2.24, 2.45) is 0 Å². The Morgan fingerprint density at radius 2 is 1.04 bits per heavy atom. The van der Waals surface area contributed by atoms with Crippen molar-refractivity contribution in [3.8, 4) is 40.2 Å². The zero-order valence-electron chi connectivity index (χ0n) is 30.6. The van der Waals surface area contributed by atoms with Crippen molar-refractivity contribution in [1.29, 1.82) is 0 Å². The summed E-state index contributed by atoms with van der Waals surface area (Å²) in [5.41, 5.74) is 7.62. The van der Waals surface area contributed by atoms with Crippen molar-refractivity contribution in [3.63, 3.8) is 0 Å². The van der Waals surface area contributed by atoms with Crippen molar-refractivity contribution >= 4 is 0 Å². The molecule has 49 heavy (non-hydrogen) atoms. The Bertz CT molecular complexity index is 1820. The summed E-state index contributed by atoms with van der Waals surface area (Å²) in [4.78, 5) is 0. The van der Waals surface area contributed by atoms with Crippen LogP contribution in [0.25, 0.3) is 0 Å². The minimum absolute atomic E-state index is 0.177. The summed E-state index contributed by atoms with van der Waals surface area (Å²) in [6.07, 6.45) is 3.65. The molecule has 2 atom stereocenters. The number of likely N-dealkylation sites (N-methyl/N-ethyl adjacent to an activating group) is 2. The van der Waals surface area contributed by atoms with Crippen molar-refractivity contribution in [1.82, 2.24) is 0 Å². The fourth-order valence-corrected chi connectivity index (χ4v) is 7.71. The highest BCUT2D eigenvalue weighted by Crippen LogP contribution is 2.45. The molecular formula is C41H52N2O6+2. The fraction of sp³-hybridized carbons (Fsp3) is 0.415. The van der Waals surface area contributed by atoms with Gasteiger partial charge in [0.2, 0.25) is 0 Å². The smallest absolute Gasteiger partial charge is 0.169 e. The lowest BCUT2D eigenvalue weighted by Gasteiger charge is -2.43. The maximum atomic E-state index is 6.89. The van der Waals surface area contributed by atoms with Gasteiger partial charge in [-0.15, -0.1) is 0 Å². The predicted octanol–water partition coefficient (Wildman–Crippen LogP) is 7.35. The Morgan fingerprint density at radius 1 is 0.510 bits per heavy atom. The van der Waals surface area contributed by atoms with Crippen LogP contribution in [0, 0.1) is 0 Å². The molecule has 2 unspecified atom stereocenters. The second kappa shape index (κ2) is 13.8. The Hall–Kier alpha value is -4.40. The first kappa shape index (κ1) is 34.5. The van der Waals surface area contributed by atoms with Crippen LogP contribution < -0.4 is 28.4 Å². The number of hydrogen-bond donors (Lipinski definition) is 0. The Morgan fingerprint density at radius 3 is 1.57 bits per heavy atom. The zero-order chi connectivity index (χ0) is 34.9. The van der Waals surface area contributed by atoms with Gasteiger partial charge in [-0.3, -0.25) is 0 Å². The maximum absolute atomic E-state index is 6.89. The molecule has 0 amide bonds. The number of rotatable bonds is 11. The fourth-order valence-electron chi connectivity index (χ4n) is 7.71. The first-order valence-electron chi connectivity index (χ1n) is 17.1. The van der Waals surface area contributed by atoms with Gasteiger partial charge >= 0.3 is 0 Å². The number of hydrogen-bond acceptors (Lipinski definition) is 6. The quantitative estimate of drug-likeness (QED) is 0.156. The molecule has 2 aliphatic rings. The van der Waals surface area contributed by atoms with Gasteiger partial charge in [-0.05, 0) is 59.2 Å². The second-order valence-corrected chi connectivity index (χ2v) is 14.5. The third-order valence-corrected chi connectivity index (χ3v) is 10.9. The van der Waals surface area contributed by atoms with Gasteiger partial charge in [-0.25, -0.2) is 0 Å². The van der Waals surface area contributed by atoms with E-state index in [-0.39, 0.29) is 12.1 Å². The third kappa shape index (κ3) is 6.90. The van der Waals surface area contributed by atoms with Gasteiger partial charge in [-0.1, -0.05) is 18.2 Å². The van der Waals surface area contributed by atoms with Crippen LogP contribution in [0.15, 0.2) is 66.7 Å². The summed E-state index contributed by atoms with van der Waals surface area (Å²) in [5, 5.41) is 0. The van der Waals surface area contributed by atoms with Gasteiger partial charge in [0.15, 0.2) is 23.0 Å². The summed E-state index contributed by atoms with van der Waals surface area (Å²) in [6, 6.07) is 23.7. The maximum Gasteiger partial charge on any atom is 0.169 e. The molecule has 0 spiro atoms. The van der Waals surface area contributed by atoms with Crippen molar-refractivity contribution < 1.29 is 37.4 Å². The third-order valence-electron chi connectivity index (χ3n) is 10.9. The van der Waals surface area contributed by atoms with Crippen molar-refractivity contribution in [3.05, 3.63) is 100 Å². The predicted molar refractivity (Wildman–Crippen MR) is 193 cm³/mol. The highest BCUT2D eigenvalue weighted by Gasteiger charge is 2.38. The number of ether oxygens (including phenoxy) is 6. The van der Waals surface area contributed by atoms with Gasteiger partial charge in [0.1, 0.15) is 29.3 Å². The van der Waals surface area contributed by atoms with Crippen LogP contribution in [0.2, 0.25) is 0 Å². The van der Waals surface area contributed by atoms with Crippen molar-refractivity contribution in [2.75, 3.05) is 76.8 Å². The molecule has 6 rings (SSSR count). The summed E-state index contributed by atoms with van der Waals surface area (Å²) >= 11 is 0. The monoisotopic (exact) mass is 668 g/mol. The molecule has 0 aromatic heterocycles. The molecule has 260 valence electrons. The lowest BCUT2D eigenvalue weighted by molar-refractivity contribution is -0.923. The van der Waals surface area contributed by atoms with Gasteiger partial charge in [0, 0.05) is 48.4 Å². The molecular weight excluding hydrogens is 616 g/mol. The average Bonchev–Trinajstić information content (AvgIpc) is 3.10. The van der Waals surface area contributed by atoms with Crippen LogP contribution in [-0.2, 0) is 25.7 Å². The Kier molecular flexibility index (Phi) is 9.74. The summed E-state index contributed by atoms with van der Waals surface area (Å²) in [6.45, 7) is 2.11. The lowest BCUT2D eigenvalue weighted by atomic mass is 9.86. The van der Waals surface area contributed by atoms with E-state index in [2.05, 4.69) is 82.8 Å². The van der Waals surface area contributed by atoms with Crippen LogP contribution in [0.3, 0.4) is 0 Å². The summed E-state index contributed by atoms with van der Waals surface area (Å²) in [5.74, 6) is 5.11.